The number of rotatable bonds is 20. The van der Waals surface area contributed by atoms with Crippen molar-refractivity contribution in [1.29, 1.82) is 0 Å². The Bertz CT molecular complexity index is 1550. The first kappa shape index (κ1) is 39.4. The van der Waals surface area contributed by atoms with Crippen LogP contribution in [0, 0.1) is 17.8 Å². The van der Waals surface area contributed by atoms with Crippen LogP contribution in [0.1, 0.15) is 62.0 Å². The second-order valence-electron chi connectivity index (χ2n) is 13.5. The van der Waals surface area contributed by atoms with Gasteiger partial charge in [-0.3, -0.25) is 0 Å². The molecule has 2 aromatic carbocycles. The summed E-state index contributed by atoms with van der Waals surface area (Å²) in [5.41, 5.74) is 3.62. The number of carbonyl (C=O) groups excluding carboxylic acids is 1. The summed E-state index contributed by atoms with van der Waals surface area (Å²) in [6, 6.07) is 15.0. The number of fused-ring (bicyclic) bond motifs is 2. The number of unbranched alkanes of at least 4 members (excludes halogenated alkanes) is 2. The molecule has 6 unspecified atom stereocenters. The van der Waals surface area contributed by atoms with Crippen LogP contribution in [0.25, 0.3) is 0 Å². The number of oxime groups is 1. The molecule has 1 amide bonds. The maximum atomic E-state index is 13.6. The molecule has 1 fully saturated rings. The van der Waals surface area contributed by atoms with Gasteiger partial charge in [-0.25, -0.2) is 4.79 Å². The van der Waals surface area contributed by atoms with Gasteiger partial charge in [-0.1, -0.05) is 73.1 Å². The summed E-state index contributed by atoms with van der Waals surface area (Å²) >= 11 is 5.92. The van der Waals surface area contributed by atoms with E-state index in [9.17, 15) is 15.0 Å². The lowest BCUT2D eigenvalue weighted by Crippen LogP contribution is -2.69. The number of hydrogen-bond acceptors (Lipinski definition) is 9. The number of aliphatic hydroxyl groups is 2. The zero-order chi connectivity index (χ0) is 36.9. The lowest BCUT2D eigenvalue weighted by molar-refractivity contribution is -0.253. The van der Waals surface area contributed by atoms with Crippen LogP contribution in [0.4, 0.5) is 4.79 Å². The summed E-state index contributed by atoms with van der Waals surface area (Å²) in [5, 5.41) is 24.4. The van der Waals surface area contributed by atoms with Crippen molar-refractivity contribution in [3.8, 4) is 11.5 Å². The van der Waals surface area contributed by atoms with Crippen LogP contribution >= 0.6 is 11.6 Å². The van der Waals surface area contributed by atoms with E-state index in [0.29, 0.717) is 36.7 Å². The van der Waals surface area contributed by atoms with Crippen LogP contribution in [0.15, 0.2) is 90.6 Å². The van der Waals surface area contributed by atoms with Gasteiger partial charge in [0.25, 0.3) is 0 Å². The predicted octanol–water partition coefficient (Wildman–Crippen LogP) is 7.39. The Morgan fingerprint density at radius 2 is 1.81 bits per heavy atom. The van der Waals surface area contributed by atoms with Crippen molar-refractivity contribution in [2.75, 3.05) is 46.0 Å². The van der Waals surface area contributed by atoms with Gasteiger partial charge < -0.3 is 38.9 Å². The van der Waals surface area contributed by atoms with E-state index in [1.54, 1.807) is 19.2 Å². The number of alkyl halides is 1. The Morgan fingerprint density at radius 1 is 1.06 bits per heavy atom. The molecule has 0 radical (unpaired) electrons. The molecule has 2 aromatic rings. The first-order chi connectivity index (χ1) is 25.4. The normalized spacial score (nSPS) is 25.2. The van der Waals surface area contributed by atoms with E-state index >= 15 is 0 Å². The quantitative estimate of drug-likeness (QED) is 0.0626. The third kappa shape index (κ3) is 8.85. The van der Waals surface area contributed by atoms with Gasteiger partial charge in [0.2, 0.25) is 5.79 Å². The van der Waals surface area contributed by atoms with Gasteiger partial charge in [0.05, 0.1) is 24.1 Å². The second kappa shape index (κ2) is 19.3. The molecule has 6 atom stereocenters. The van der Waals surface area contributed by atoms with Gasteiger partial charge in [0, 0.05) is 38.2 Å². The van der Waals surface area contributed by atoms with Gasteiger partial charge in [0.15, 0.2) is 0 Å². The molecule has 5 rings (SSSR count). The van der Waals surface area contributed by atoms with Crippen LogP contribution in [-0.4, -0.2) is 84.7 Å². The highest BCUT2D eigenvalue weighted by Crippen LogP contribution is 2.61. The van der Waals surface area contributed by atoms with Gasteiger partial charge in [-0.15, -0.1) is 18.2 Å². The number of halogens is 1. The van der Waals surface area contributed by atoms with E-state index in [-0.39, 0.29) is 63.1 Å². The number of carbonyl (C=O) groups is 1. The first-order valence-electron chi connectivity index (χ1n) is 18.4. The van der Waals surface area contributed by atoms with Crippen molar-refractivity contribution < 1.29 is 38.8 Å². The molecule has 1 aliphatic heterocycles. The summed E-state index contributed by atoms with van der Waals surface area (Å²) < 4.78 is 25.6. The molecule has 10 nitrogen and oxygen atoms in total. The minimum atomic E-state index is -1.36. The lowest BCUT2D eigenvalue weighted by atomic mass is 9.55. The second-order valence-corrected chi connectivity index (χ2v) is 13.9. The number of hydrogen-bond donors (Lipinski definition) is 2. The molecule has 52 heavy (non-hydrogen) atoms. The number of benzene rings is 2. The Balaban J connectivity index is 1.73. The maximum Gasteiger partial charge on any atom is 0.410 e. The van der Waals surface area contributed by atoms with Gasteiger partial charge in [-0.2, -0.15) is 0 Å². The number of amides is 1. The molecule has 11 heteroatoms. The summed E-state index contributed by atoms with van der Waals surface area (Å²) in [6.45, 7) is 8.85. The average molecular weight is 737 g/mol. The van der Waals surface area contributed by atoms with E-state index in [0.717, 1.165) is 42.4 Å². The van der Waals surface area contributed by atoms with Crippen LogP contribution in [0.5, 0.6) is 11.5 Å². The van der Waals surface area contributed by atoms with Crippen molar-refractivity contribution in [2.24, 2.45) is 22.9 Å². The Labute approximate surface area is 312 Å². The molecule has 0 saturated heterocycles. The minimum Gasteiger partial charge on any atom is -0.490 e. The highest BCUT2D eigenvalue weighted by Gasteiger charge is 2.65. The third-order valence-electron chi connectivity index (χ3n) is 10.3. The first-order valence-corrected chi connectivity index (χ1v) is 18.9. The zero-order valence-electron chi connectivity index (χ0n) is 30.2. The van der Waals surface area contributed by atoms with Crippen molar-refractivity contribution in [3.63, 3.8) is 0 Å². The fourth-order valence-electron chi connectivity index (χ4n) is 8.09. The van der Waals surface area contributed by atoms with E-state index in [1.807, 2.05) is 42.5 Å². The largest absolute Gasteiger partial charge is 0.490 e. The molecule has 3 aliphatic rings. The molecule has 1 saturated carbocycles. The third-order valence-corrected chi connectivity index (χ3v) is 10.5. The Kier molecular flexibility index (Phi) is 14.6. The van der Waals surface area contributed by atoms with Crippen molar-refractivity contribution >= 4 is 23.4 Å². The number of allylic oxidation sites excluding steroid dienone is 1. The van der Waals surface area contributed by atoms with E-state index in [2.05, 4.69) is 25.3 Å². The highest BCUT2D eigenvalue weighted by atomic mass is 35.5. The fourth-order valence-corrected chi connectivity index (χ4v) is 8.16. The fraction of sp³-hybridized carbons (Fsp3) is 0.512. The predicted molar refractivity (Wildman–Crippen MR) is 202 cm³/mol. The molecular formula is C41H53ClN2O8. The van der Waals surface area contributed by atoms with Crippen LogP contribution in [0.2, 0.25) is 0 Å². The molecule has 2 aliphatic carbocycles. The number of ether oxygens (including phenoxy) is 4. The Hall–Kier alpha value is -3.83. The zero-order valence-corrected chi connectivity index (χ0v) is 30.9. The van der Waals surface area contributed by atoms with Crippen LogP contribution < -0.4 is 9.47 Å². The summed E-state index contributed by atoms with van der Waals surface area (Å²) in [6.07, 6.45) is 10.1. The molecule has 282 valence electrons. The van der Waals surface area contributed by atoms with Crippen molar-refractivity contribution in [1.82, 2.24) is 4.90 Å². The standard InChI is InChI=1S/C41H53ClN2O8/c1-4-22-48-31-17-18-36-34(26-31)38-32(16-10-12-21-46)30(15-9-11-20-45)25-33-35(43-51-28-29-13-7-6-8-14-29)27-37(44(3)40(47)49-24-19-42)41(52-36,39(33)38)50-23-5-2/h4-8,13-14,17-18,25-26,30,32,37-39,45-46H,1-2,9-12,15-16,19-24,27-28H2,3H3. The number of nitrogens with zero attached hydrogens (tertiary/aromatic N) is 2. The molecule has 0 bridgehead atoms. The monoisotopic (exact) mass is 736 g/mol. The molecular weight excluding hydrogens is 684 g/mol. The SMILES string of the molecule is C=CCOc1ccc2c(c1)C1C(CCCCO)C(CCCCO)C=C3C(=NOCc4ccccc4)CC(N(C)C(=O)OCCCl)C(OCC=C)(O2)C31. The summed E-state index contributed by atoms with van der Waals surface area (Å²) in [4.78, 5) is 21.2. The highest BCUT2D eigenvalue weighted by molar-refractivity contribution is 6.18. The van der Waals surface area contributed by atoms with Crippen LogP contribution in [0.3, 0.4) is 0 Å². The van der Waals surface area contributed by atoms with Crippen molar-refractivity contribution in [3.05, 3.63) is 96.6 Å². The van der Waals surface area contributed by atoms with E-state index in [4.69, 9.17) is 40.5 Å². The summed E-state index contributed by atoms with van der Waals surface area (Å²) in [5.74, 6) is -0.235. The smallest absolute Gasteiger partial charge is 0.410 e. The minimum absolute atomic E-state index is 0.0515. The van der Waals surface area contributed by atoms with E-state index < -0.39 is 23.8 Å². The Morgan fingerprint density at radius 3 is 2.52 bits per heavy atom. The molecule has 1 heterocycles. The molecule has 2 N–H and O–H groups in total. The maximum absolute atomic E-state index is 13.6. The number of likely N-dealkylation sites (N-methyl/N-ethyl adjacent to an activating group) is 1. The van der Waals surface area contributed by atoms with Crippen molar-refractivity contribution in [2.45, 2.75) is 69.3 Å². The van der Waals surface area contributed by atoms with Gasteiger partial charge in [0.1, 0.15) is 37.4 Å². The molecule has 0 aromatic heterocycles. The molecule has 0 spiro atoms. The average Bonchev–Trinajstić information content (AvgIpc) is 3.17. The van der Waals surface area contributed by atoms with E-state index in [1.165, 1.54) is 4.90 Å². The topological polar surface area (TPSA) is 119 Å². The summed E-state index contributed by atoms with van der Waals surface area (Å²) in [7, 11) is 1.69. The van der Waals surface area contributed by atoms with Gasteiger partial charge in [-0.05, 0) is 66.9 Å². The number of aliphatic hydroxyl groups excluding tert-OH is 2. The van der Waals surface area contributed by atoms with Gasteiger partial charge >= 0.3 is 6.09 Å². The van der Waals surface area contributed by atoms with Crippen LogP contribution in [-0.2, 0) is 20.9 Å². The lowest BCUT2D eigenvalue weighted by Gasteiger charge is -2.59.